The van der Waals surface area contributed by atoms with Crippen molar-refractivity contribution in [3.05, 3.63) is 70.2 Å². The van der Waals surface area contributed by atoms with Crippen LogP contribution in [0.4, 0.5) is 5.69 Å². The minimum atomic E-state index is -0.436. The van der Waals surface area contributed by atoms with Crippen LogP contribution in [0.25, 0.3) is 11.3 Å². The molecule has 0 radical (unpaired) electrons. The number of amides is 1. The second-order valence-corrected chi connectivity index (χ2v) is 7.01. The highest BCUT2D eigenvalue weighted by Gasteiger charge is 2.15. The Labute approximate surface area is 173 Å². The first kappa shape index (κ1) is 20.6. The number of oxazole rings is 1. The van der Waals surface area contributed by atoms with Crippen molar-refractivity contribution in [2.45, 2.75) is 26.7 Å². The number of methoxy groups -OCH3 is 1. The maximum absolute atomic E-state index is 12.3. The van der Waals surface area contributed by atoms with E-state index in [1.54, 1.807) is 18.3 Å². The number of carbonyl (C=O) groups is 2. The molecule has 7 heteroatoms. The molecule has 3 rings (SSSR count). The van der Waals surface area contributed by atoms with Gasteiger partial charge in [-0.1, -0.05) is 23.7 Å². The normalized spacial score (nSPS) is 10.6. The van der Waals surface area contributed by atoms with Gasteiger partial charge in [-0.25, -0.2) is 9.78 Å². The van der Waals surface area contributed by atoms with Crippen molar-refractivity contribution in [3.63, 3.8) is 0 Å². The predicted molar refractivity (Wildman–Crippen MR) is 111 cm³/mol. The van der Waals surface area contributed by atoms with Crippen LogP contribution in [0, 0.1) is 13.8 Å². The summed E-state index contributed by atoms with van der Waals surface area (Å²) in [7, 11) is 1.33. The highest BCUT2D eigenvalue weighted by Crippen LogP contribution is 2.28. The highest BCUT2D eigenvalue weighted by atomic mass is 35.5. The van der Waals surface area contributed by atoms with Crippen LogP contribution in [0.3, 0.4) is 0 Å². The maximum atomic E-state index is 12.3. The summed E-state index contributed by atoms with van der Waals surface area (Å²) in [6.45, 7) is 3.72. The Morgan fingerprint density at radius 1 is 1.21 bits per heavy atom. The number of benzene rings is 2. The molecule has 0 fully saturated rings. The summed E-state index contributed by atoms with van der Waals surface area (Å²) < 4.78 is 10.5. The van der Waals surface area contributed by atoms with Gasteiger partial charge < -0.3 is 14.5 Å². The van der Waals surface area contributed by atoms with E-state index >= 15 is 0 Å². The number of hydrogen-bond donors (Lipinski definition) is 1. The fraction of sp³-hybridized carbons (Fsp3) is 0.227. The molecule has 0 aliphatic rings. The second-order valence-electron chi connectivity index (χ2n) is 6.60. The number of aryl methyl sites for hydroxylation is 2. The Kier molecular flexibility index (Phi) is 6.34. The van der Waals surface area contributed by atoms with Crippen molar-refractivity contribution in [3.8, 4) is 11.3 Å². The van der Waals surface area contributed by atoms with Crippen LogP contribution < -0.4 is 5.32 Å². The van der Waals surface area contributed by atoms with E-state index in [0.29, 0.717) is 34.3 Å². The van der Waals surface area contributed by atoms with Crippen molar-refractivity contribution in [1.29, 1.82) is 0 Å². The molecule has 2 aromatic carbocycles. The first-order chi connectivity index (χ1) is 13.9. The van der Waals surface area contributed by atoms with Crippen LogP contribution in [0.2, 0.25) is 5.02 Å². The number of nitrogens with one attached hydrogen (secondary N) is 1. The van der Waals surface area contributed by atoms with Crippen LogP contribution in [-0.4, -0.2) is 24.0 Å². The Balaban J connectivity index is 1.65. The third-order valence-electron chi connectivity index (χ3n) is 4.62. The number of esters is 1. The van der Waals surface area contributed by atoms with E-state index in [1.165, 1.54) is 7.11 Å². The quantitative estimate of drug-likeness (QED) is 0.578. The lowest BCUT2D eigenvalue weighted by Crippen LogP contribution is -2.14. The molecule has 150 valence electrons. The monoisotopic (exact) mass is 412 g/mol. The van der Waals surface area contributed by atoms with Crippen molar-refractivity contribution < 1.29 is 18.7 Å². The molecule has 0 unspecified atom stereocenters. The first-order valence-corrected chi connectivity index (χ1v) is 9.46. The predicted octanol–water partition coefficient (Wildman–Crippen LogP) is 4.97. The average molecular weight is 413 g/mol. The number of rotatable bonds is 6. The third-order valence-corrected chi connectivity index (χ3v) is 4.94. The fourth-order valence-electron chi connectivity index (χ4n) is 2.91. The minimum absolute atomic E-state index is 0.183. The van der Waals surface area contributed by atoms with E-state index in [-0.39, 0.29) is 12.3 Å². The topological polar surface area (TPSA) is 81.4 Å². The molecule has 0 bridgehead atoms. The average Bonchev–Trinajstić information content (AvgIpc) is 3.17. The van der Waals surface area contributed by atoms with E-state index in [2.05, 4.69) is 10.3 Å². The lowest BCUT2D eigenvalue weighted by molar-refractivity contribution is -0.116. The van der Waals surface area contributed by atoms with Crippen molar-refractivity contribution in [1.82, 2.24) is 4.98 Å². The number of carbonyl (C=O) groups excluding carboxylic acids is 2. The number of nitrogens with zero attached hydrogens (tertiary/aromatic N) is 1. The van der Waals surface area contributed by atoms with E-state index in [4.69, 9.17) is 20.8 Å². The summed E-state index contributed by atoms with van der Waals surface area (Å²) in [5.41, 5.74) is 3.44. The molecule has 29 heavy (non-hydrogen) atoms. The fourth-order valence-corrected chi connectivity index (χ4v) is 3.14. The van der Waals surface area contributed by atoms with Gasteiger partial charge in [0.1, 0.15) is 0 Å². The van der Waals surface area contributed by atoms with Gasteiger partial charge in [0.05, 0.1) is 23.9 Å². The first-order valence-electron chi connectivity index (χ1n) is 9.08. The molecule has 0 spiro atoms. The molecule has 3 aromatic rings. The number of anilines is 1. The molecule has 1 heterocycles. The zero-order chi connectivity index (χ0) is 21.0. The van der Waals surface area contributed by atoms with E-state index in [0.717, 1.165) is 16.7 Å². The van der Waals surface area contributed by atoms with Crippen LogP contribution in [0.1, 0.15) is 33.8 Å². The molecule has 0 aliphatic carbocycles. The van der Waals surface area contributed by atoms with Crippen LogP contribution in [0.5, 0.6) is 0 Å². The molecule has 0 saturated heterocycles. The van der Waals surface area contributed by atoms with Gasteiger partial charge in [0, 0.05) is 24.1 Å². The van der Waals surface area contributed by atoms with Crippen LogP contribution >= 0.6 is 11.6 Å². The van der Waals surface area contributed by atoms with Gasteiger partial charge >= 0.3 is 5.97 Å². The largest absolute Gasteiger partial charge is 0.465 e. The summed E-state index contributed by atoms with van der Waals surface area (Å²) in [5, 5.41) is 3.38. The summed E-state index contributed by atoms with van der Waals surface area (Å²) in [6.07, 6.45) is 2.12. The Morgan fingerprint density at radius 2 is 1.97 bits per heavy atom. The van der Waals surface area contributed by atoms with Gasteiger partial charge in [0.15, 0.2) is 11.7 Å². The van der Waals surface area contributed by atoms with Crippen LogP contribution in [-0.2, 0) is 16.0 Å². The summed E-state index contributed by atoms with van der Waals surface area (Å²) in [4.78, 5) is 28.5. The summed E-state index contributed by atoms with van der Waals surface area (Å²) >= 11 is 6.17. The minimum Gasteiger partial charge on any atom is -0.465 e. The van der Waals surface area contributed by atoms with Crippen molar-refractivity contribution >= 4 is 29.2 Å². The zero-order valence-electron chi connectivity index (χ0n) is 16.4. The Bertz CT molecular complexity index is 1060. The van der Waals surface area contributed by atoms with Crippen molar-refractivity contribution in [2.24, 2.45) is 0 Å². The highest BCUT2D eigenvalue weighted by molar-refractivity contribution is 6.33. The smallest absolute Gasteiger partial charge is 0.338 e. The molecule has 1 N–H and O–H groups in total. The summed E-state index contributed by atoms with van der Waals surface area (Å²) in [5.74, 6) is 0.364. The number of hydrogen-bond acceptors (Lipinski definition) is 5. The third kappa shape index (κ3) is 4.84. The lowest BCUT2D eigenvalue weighted by atomic mass is 10.0. The Hall–Kier alpha value is -3.12. The molecule has 1 aromatic heterocycles. The van der Waals surface area contributed by atoms with Gasteiger partial charge in [0.25, 0.3) is 0 Å². The molecule has 0 saturated carbocycles. The molecular weight excluding hydrogens is 392 g/mol. The Morgan fingerprint density at radius 3 is 2.69 bits per heavy atom. The van der Waals surface area contributed by atoms with Crippen LogP contribution in [0.15, 0.2) is 47.0 Å². The molecule has 0 atom stereocenters. The van der Waals surface area contributed by atoms with E-state index in [9.17, 15) is 9.59 Å². The molecule has 0 aliphatic heterocycles. The molecule has 1 amide bonds. The van der Waals surface area contributed by atoms with Gasteiger partial charge in [-0.05, 0) is 49.2 Å². The number of ether oxygens (including phenoxy) is 1. The standard InChI is InChI=1S/C22H21ClN2O4/c1-13-10-15(11-17(14(13)2)22(27)28-3)25-20(26)8-9-21-24-12-19(29-21)16-6-4-5-7-18(16)23/h4-7,10-12H,8-9H2,1-3H3,(H,25,26). The van der Waals surface area contributed by atoms with E-state index < -0.39 is 5.97 Å². The molecular formula is C22H21ClN2O4. The SMILES string of the molecule is COC(=O)c1cc(NC(=O)CCc2ncc(-c3ccccc3Cl)o2)cc(C)c1C. The summed E-state index contributed by atoms with van der Waals surface area (Å²) in [6, 6.07) is 10.8. The van der Waals surface area contributed by atoms with Gasteiger partial charge in [-0.15, -0.1) is 0 Å². The molecule has 6 nitrogen and oxygen atoms in total. The number of halogens is 1. The van der Waals surface area contributed by atoms with Gasteiger partial charge in [-0.2, -0.15) is 0 Å². The van der Waals surface area contributed by atoms with Gasteiger partial charge in [-0.3, -0.25) is 4.79 Å². The maximum Gasteiger partial charge on any atom is 0.338 e. The lowest BCUT2D eigenvalue weighted by Gasteiger charge is -2.11. The van der Waals surface area contributed by atoms with Crippen molar-refractivity contribution in [2.75, 3.05) is 12.4 Å². The number of aromatic nitrogens is 1. The zero-order valence-corrected chi connectivity index (χ0v) is 17.2. The second kappa shape index (κ2) is 8.92. The van der Waals surface area contributed by atoms with Gasteiger partial charge in [0.2, 0.25) is 5.91 Å². The van der Waals surface area contributed by atoms with E-state index in [1.807, 2.05) is 38.1 Å².